The molecule has 164 valence electrons. The van der Waals surface area contributed by atoms with Crippen LogP contribution in [0.3, 0.4) is 0 Å². The second kappa shape index (κ2) is 10.0. The lowest BCUT2D eigenvalue weighted by Crippen LogP contribution is -2.53. The summed E-state index contributed by atoms with van der Waals surface area (Å²) < 4.78 is 6.15. The Balaban J connectivity index is 1.70. The molecule has 0 aromatic heterocycles. The maximum Gasteiger partial charge on any atom is 0.193 e. The highest BCUT2D eigenvalue weighted by Gasteiger charge is 2.45. The first kappa shape index (κ1) is 22.1. The number of hydrogen-bond acceptors (Lipinski definition) is 4. The van der Waals surface area contributed by atoms with Gasteiger partial charge in [0.05, 0.1) is 18.1 Å². The maximum absolute atomic E-state index is 13.9. The first-order valence-corrected chi connectivity index (χ1v) is 11.2. The Labute approximate surface area is 189 Å². The number of morpholine rings is 1. The summed E-state index contributed by atoms with van der Waals surface area (Å²) in [6, 6.07) is 26.4. The SMILES string of the molecule is CCC(Cc1cccc(C(=O)c2ccccc2)c1)(C(=O)c1ccccc1)C1CNCCO1. The van der Waals surface area contributed by atoms with Crippen LogP contribution in [0.2, 0.25) is 0 Å². The molecule has 1 aliphatic heterocycles. The number of rotatable bonds is 8. The van der Waals surface area contributed by atoms with E-state index >= 15 is 0 Å². The quantitative estimate of drug-likeness (QED) is 0.528. The Morgan fingerprint density at radius 3 is 2.19 bits per heavy atom. The van der Waals surface area contributed by atoms with Gasteiger partial charge >= 0.3 is 0 Å². The van der Waals surface area contributed by atoms with Gasteiger partial charge < -0.3 is 10.1 Å². The van der Waals surface area contributed by atoms with Crippen molar-refractivity contribution in [3.63, 3.8) is 0 Å². The van der Waals surface area contributed by atoms with Gasteiger partial charge in [-0.05, 0) is 24.5 Å². The van der Waals surface area contributed by atoms with Crippen molar-refractivity contribution >= 4 is 11.6 Å². The van der Waals surface area contributed by atoms with Crippen molar-refractivity contribution in [2.75, 3.05) is 19.7 Å². The molecule has 0 amide bonds. The molecule has 1 fully saturated rings. The van der Waals surface area contributed by atoms with Crippen LogP contribution < -0.4 is 5.32 Å². The summed E-state index contributed by atoms with van der Waals surface area (Å²) in [6.07, 6.45) is 0.922. The van der Waals surface area contributed by atoms with Gasteiger partial charge in [-0.25, -0.2) is 0 Å². The Morgan fingerprint density at radius 1 is 0.906 bits per heavy atom. The van der Waals surface area contributed by atoms with E-state index in [0.29, 0.717) is 42.7 Å². The second-order valence-electron chi connectivity index (χ2n) is 8.34. The van der Waals surface area contributed by atoms with E-state index in [1.807, 2.05) is 84.9 Å². The van der Waals surface area contributed by atoms with Crippen LogP contribution in [0.25, 0.3) is 0 Å². The zero-order chi connectivity index (χ0) is 22.4. The lowest BCUT2D eigenvalue weighted by Gasteiger charge is -2.41. The molecule has 32 heavy (non-hydrogen) atoms. The molecule has 0 saturated carbocycles. The highest BCUT2D eigenvalue weighted by molar-refractivity contribution is 6.09. The van der Waals surface area contributed by atoms with Gasteiger partial charge in [0.2, 0.25) is 0 Å². The first-order valence-electron chi connectivity index (χ1n) is 11.2. The van der Waals surface area contributed by atoms with Crippen molar-refractivity contribution < 1.29 is 14.3 Å². The van der Waals surface area contributed by atoms with Crippen LogP contribution in [0.5, 0.6) is 0 Å². The highest BCUT2D eigenvalue weighted by atomic mass is 16.5. The summed E-state index contributed by atoms with van der Waals surface area (Å²) in [7, 11) is 0. The Hall–Kier alpha value is -3.08. The van der Waals surface area contributed by atoms with Crippen molar-refractivity contribution in [2.24, 2.45) is 5.41 Å². The number of carbonyl (C=O) groups excluding carboxylic acids is 2. The van der Waals surface area contributed by atoms with Crippen molar-refractivity contribution in [1.29, 1.82) is 0 Å². The van der Waals surface area contributed by atoms with Gasteiger partial charge in [-0.1, -0.05) is 85.8 Å². The highest BCUT2D eigenvalue weighted by Crippen LogP contribution is 2.38. The average molecular weight is 428 g/mol. The molecule has 4 heteroatoms. The Bertz CT molecular complexity index is 1060. The van der Waals surface area contributed by atoms with Gasteiger partial charge in [-0.2, -0.15) is 0 Å². The monoisotopic (exact) mass is 427 g/mol. The summed E-state index contributed by atoms with van der Waals surface area (Å²) in [5.74, 6) is 0.0774. The number of carbonyl (C=O) groups is 2. The third kappa shape index (κ3) is 4.57. The van der Waals surface area contributed by atoms with Crippen molar-refractivity contribution in [2.45, 2.75) is 25.9 Å². The minimum atomic E-state index is -0.719. The fourth-order valence-electron chi connectivity index (χ4n) is 4.59. The molecule has 1 heterocycles. The summed E-state index contributed by atoms with van der Waals surface area (Å²) in [5.41, 5.74) is 2.23. The van der Waals surface area contributed by atoms with E-state index in [1.54, 1.807) is 0 Å². The maximum atomic E-state index is 13.9. The standard InChI is InChI=1S/C28H29NO3/c1-2-28(25-20-29-16-17-32-25,27(31)23-13-7-4-8-14-23)19-21-10-9-15-24(18-21)26(30)22-11-5-3-6-12-22/h3-15,18,25,29H,2,16-17,19-20H2,1H3. The molecule has 1 N–H and O–H groups in total. The third-order valence-corrected chi connectivity index (χ3v) is 6.41. The molecule has 0 aliphatic carbocycles. The number of nitrogens with one attached hydrogen (secondary N) is 1. The fraction of sp³-hybridized carbons (Fsp3) is 0.286. The fourth-order valence-corrected chi connectivity index (χ4v) is 4.59. The molecular formula is C28H29NO3. The molecule has 3 aromatic carbocycles. The van der Waals surface area contributed by atoms with Gasteiger partial charge in [-0.15, -0.1) is 0 Å². The largest absolute Gasteiger partial charge is 0.375 e. The number of Topliss-reactive ketones (excluding diaryl/α,β-unsaturated/α-hetero) is 1. The molecule has 4 rings (SSSR count). The average Bonchev–Trinajstić information content (AvgIpc) is 2.88. The van der Waals surface area contributed by atoms with Crippen molar-refractivity contribution in [1.82, 2.24) is 5.32 Å². The number of ether oxygens (including phenoxy) is 1. The molecule has 2 atom stereocenters. The molecule has 2 unspecified atom stereocenters. The zero-order valence-corrected chi connectivity index (χ0v) is 18.4. The molecule has 1 saturated heterocycles. The zero-order valence-electron chi connectivity index (χ0n) is 18.4. The Morgan fingerprint density at radius 2 is 1.56 bits per heavy atom. The Kier molecular flexibility index (Phi) is 6.93. The number of hydrogen-bond donors (Lipinski definition) is 1. The van der Waals surface area contributed by atoms with E-state index in [1.165, 1.54) is 0 Å². The van der Waals surface area contributed by atoms with Gasteiger partial charge in [0.1, 0.15) is 0 Å². The van der Waals surface area contributed by atoms with Crippen LogP contribution in [0, 0.1) is 5.41 Å². The summed E-state index contributed by atoms with van der Waals surface area (Å²) in [4.78, 5) is 26.9. The van der Waals surface area contributed by atoms with Gasteiger partial charge in [0.25, 0.3) is 0 Å². The molecular weight excluding hydrogens is 398 g/mol. The van der Waals surface area contributed by atoms with Gasteiger partial charge in [-0.3, -0.25) is 9.59 Å². The van der Waals surface area contributed by atoms with Crippen LogP contribution in [0.1, 0.15) is 45.2 Å². The van der Waals surface area contributed by atoms with Gasteiger partial charge in [0, 0.05) is 29.8 Å². The van der Waals surface area contributed by atoms with Gasteiger partial charge in [0.15, 0.2) is 11.6 Å². The van der Waals surface area contributed by atoms with E-state index in [0.717, 1.165) is 12.1 Å². The number of benzene rings is 3. The third-order valence-electron chi connectivity index (χ3n) is 6.41. The van der Waals surface area contributed by atoms with Crippen LogP contribution >= 0.6 is 0 Å². The topological polar surface area (TPSA) is 55.4 Å². The molecule has 0 bridgehead atoms. The van der Waals surface area contributed by atoms with Crippen molar-refractivity contribution in [3.05, 3.63) is 107 Å². The molecule has 4 nitrogen and oxygen atoms in total. The molecule has 0 spiro atoms. The lowest BCUT2D eigenvalue weighted by atomic mass is 9.69. The molecule has 0 radical (unpaired) electrons. The minimum Gasteiger partial charge on any atom is -0.375 e. The first-order chi connectivity index (χ1) is 15.6. The van der Waals surface area contributed by atoms with E-state index in [2.05, 4.69) is 12.2 Å². The van der Waals surface area contributed by atoms with Crippen LogP contribution in [0.15, 0.2) is 84.9 Å². The van der Waals surface area contributed by atoms with Crippen molar-refractivity contribution in [3.8, 4) is 0 Å². The van der Waals surface area contributed by atoms with Crippen LogP contribution in [-0.4, -0.2) is 37.4 Å². The smallest absolute Gasteiger partial charge is 0.193 e. The van der Waals surface area contributed by atoms with E-state index in [4.69, 9.17) is 4.74 Å². The summed E-state index contributed by atoms with van der Waals surface area (Å²) in [5, 5.41) is 3.39. The predicted octanol–water partition coefficient (Wildman–Crippen LogP) is 4.73. The molecule has 3 aromatic rings. The van der Waals surface area contributed by atoms with Crippen LogP contribution in [-0.2, 0) is 11.2 Å². The molecule has 1 aliphatic rings. The number of ketones is 2. The lowest BCUT2D eigenvalue weighted by molar-refractivity contribution is -0.0466. The summed E-state index contributed by atoms with van der Waals surface area (Å²) in [6.45, 7) is 4.06. The predicted molar refractivity (Wildman–Crippen MR) is 126 cm³/mol. The van der Waals surface area contributed by atoms with E-state index < -0.39 is 5.41 Å². The van der Waals surface area contributed by atoms with E-state index in [9.17, 15) is 9.59 Å². The van der Waals surface area contributed by atoms with Crippen LogP contribution in [0.4, 0.5) is 0 Å². The second-order valence-corrected chi connectivity index (χ2v) is 8.34. The normalized spacial score (nSPS) is 18.0. The van der Waals surface area contributed by atoms with E-state index in [-0.39, 0.29) is 17.7 Å². The minimum absolute atomic E-state index is 0.0143. The summed E-state index contributed by atoms with van der Waals surface area (Å²) >= 11 is 0.